The minimum absolute atomic E-state index is 0.178. The molecule has 2 aromatic rings. The van der Waals surface area contributed by atoms with E-state index in [9.17, 15) is 4.79 Å². The first-order valence-electron chi connectivity index (χ1n) is 5.69. The van der Waals surface area contributed by atoms with Crippen LogP contribution < -0.4 is 10.1 Å². The third kappa shape index (κ3) is 2.73. The topological polar surface area (TPSA) is 67.0 Å². The number of carbonyl (C=O) groups is 1. The quantitative estimate of drug-likeness (QED) is 0.895. The molecule has 18 heavy (non-hydrogen) atoms. The van der Waals surface area contributed by atoms with Crippen molar-refractivity contribution in [1.82, 2.24) is 9.97 Å². The summed E-state index contributed by atoms with van der Waals surface area (Å²) in [7, 11) is 0. The Morgan fingerprint density at radius 1 is 1.56 bits per heavy atom. The van der Waals surface area contributed by atoms with Gasteiger partial charge in [0.05, 0.1) is 22.7 Å². The van der Waals surface area contributed by atoms with Crippen molar-refractivity contribution in [3.05, 3.63) is 17.2 Å². The highest BCUT2D eigenvalue weighted by Gasteiger charge is 2.09. The predicted octanol–water partition coefficient (Wildman–Crippen LogP) is 2.96. The van der Waals surface area contributed by atoms with Gasteiger partial charge in [0.2, 0.25) is 11.9 Å². The lowest BCUT2D eigenvalue weighted by Crippen LogP contribution is -2.06. The molecule has 0 aliphatic heterocycles. The number of aromatic amines is 1. The van der Waals surface area contributed by atoms with Crippen LogP contribution in [-0.2, 0) is 4.79 Å². The molecule has 0 spiro atoms. The van der Waals surface area contributed by atoms with E-state index in [2.05, 4.69) is 15.3 Å². The van der Waals surface area contributed by atoms with E-state index in [0.29, 0.717) is 28.8 Å². The Morgan fingerprint density at radius 3 is 3.00 bits per heavy atom. The smallest absolute Gasteiger partial charge is 0.223 e. The van der Waals surface area contributed by atoms with Gasteiger partial charge in [-0.25, -0.2) is 4.98 Å². The fraction of sp³-hybridized carbons (Fsp3) is 0.333. The number of fused-ring (bicyclic) bond motifs is 1. The molecule has 2 N–H and O–H groups in total. The molecule has 0 saturated carbocycles. The monoisotopic (exact) mass is 267 g/mol. The number of hydrogen-bond acceptors (Lipinski definition) is 3. The molecular formula is C12H14ClN3O2. The number of aromatic nitrogens is 2. The summed E-state index contributed by atoms with van der Waals surface area (Å²) in [6, 6.07) is 3.50. The molecule has 0 atom stereocenters. The largest absolute Gasteiger partial charge is 0.492 e. The zero-order valence-corrected chi connectivity index (χ0v) is 11.0. The molecule has 1 aromatic carbocycles. The SMILES string of the molecule is CCCOc1cc2[nH]c(NC(C)=O)nc2cc1Cl. The van der Waals surface area contributed by atoms with Crippen LogP contribution in [0.5, 0.6) is 5.75 Å². The summed E-state index contributed by atoms with van der Waals surface area (Å²) < 4.78 is 5.52. The van der Waals surface area contributed by atoms with Crippen LogP contribution in [0, 0.1) is 0 Å². The van der Waals surface area contributed by atoms with Gasteiger partial charge < -0.3 is 9.72 Å². The number of amides is 1. The highest BCUT2D eigenvalue weighted by molar-refractivity contribution is 6.32. The van der Waals surface area contributed by atoms with Crippen LogP contribution in [0.15, 0.2) is 12.1 Å². The molecule has 0 aliphatic rings. The number of nitrogens with one attached hydrogen (secondary N) is 2. The normalized spacial score (nSPS) is 10.6. The molecule has 0 fully saturated rings. The number of anilines is 1. The average Bonchev–Trinajstić information content (AvgIpc) is 2.66. The van der Waals surface area contributed by atoms with Gasteiger partial charge in [-0.05, 0) is 12.5 Å². The second kappa shape index (κ2) is 5.27. The number of H-pyrrole nitrogens is 1. The third-order valence-corrected chi connectivity index (χ3v) is 2.59. The fourth-order valence-electron chi connectivity index (χ4n) is 1.56. The van der Waals surface area contributed by atoms with Gasteiger partial charge >= 0.3 is 0 Å². The summed E-state index contributed by atoms with van der Waals surface area (Å²) in [6.45, 7) is 4.06. The third-order valence-electron chi connectivity index (χ3n) is 2.29. The molecule has 0 unspecified atom stereocenters. The van der Waals surface area contributed by atoms with Crippen molar-refractivity contribution in [2.45, 2.75) is 20.3 Å². The lowest BCUT2D eigenvalue weighted by Gasteiger charge is -2.05. The summed E-state index contributed by atoms with van der Waals surface area (Å²) >= 11 is 6.09. The number of imidazole rings is 1. The summed E-state index contributed by atoms with van der Waals surface area (Å²) in [5.74, 6) is 0.841. The van der Waals surface area contributed by atoms with Crippen molar-refractivity contribution in [3.8, 4) is 5.75 Å². The molecule has 0 bridgehead atoms. The summed E-state index contributed by atoms with van der Waals surface area (Å²) in [6.07, 6.45) is 0.911. The number of ether oxygens (including phenoxy) is 1. The Hall–Kier alpha value is -1.75. The number of hydrogen-bond donors (Lipinski definition) is 2. The van der Waals surface area contributed by atoms with Crippen LogP contribution in [0.25, 0.3) is 11.0 Å². The number of benzene rings is 1. The van der Waals surface area contributed by atoms with Crippen LogP contribution >= 0.6 is 11.6 Å². The van der Waals surface area contributed by atoms with E-state index in [4.69, 9.17) is 16.3 Å². The van der Waals surface area contributed by atoms with E-state index in [0.717, 1.165) is 11.9 Å². The van der Waals surface area contributed by atoms with Crippen LogP contribution in [0.2, 0.25) is 5.02 Å². The Kier molecular flexibility index (Phi) is 3.72. The molecule has 0 radical (unpaired) electrons. The summed E-state index contributed by atoms with van der Waals surface area (Å²) in [5.41, 5.74) is 1.46. The van der Waals surface area contributed by atoms with Gasteiger partial charge in [0.15, 0.2) is 0 Å². The van der Waals surface area contributed by atoms with Gasteiger partial charge in [0, 0.05) is 13.0 Å². The van der Waals surface area contributed by atoms with Crippen LogP contribution in [0.4, 0.5) is 5.95 Å². The van der Waals surface area contributed by atoms with Gasteiger partial charge in [0.25, 0.3) is 0 Å². The molecule has 1 aromatic heterocycles. The van der Waals surface area contributed by atoms with Crippen molar-refractivity contribution in [2.75, 3.05) is 11.9 Å². The Bertz CT molecular complexity index is 580. The molecule has 1 heterocycles. The number of rotatable bonds is 4. The average molecular weight is 268 g/mol. The lowest BCUT2D eigenvalue weighted by atomic mass is 10.3. The van der Waals surface area contributed by atoms with E-state index in [1.165, 1.54) is 6.92 Å². The van der Waals surface area contributed by atoms with Crippen molar-refractivity contribution in [1.29, 1.82) is 0 Å². The predicted molar refractivity (Wildman–Crippen MR) is 71.2 cm³/mol. The highest BCUT2D eigenvalue weighted by Crippen LogP contribution is 2.29. The Balaban J connectivity index is 2.34. The molecule has 0 saturated heterocycles. The maximum atomic E-state index is 10.9. The van der Waals surface area contributed by atoms with Gasteiger partial charge in [-0.15, -0.1) is 0 Å². The Morgan fingerprint density at radius 2 is 2.33 bits per heavy atom. The minimum atomic E-state index is -0.178. The van der Waals surface area contributed by atoms with E-state index < -0.39 is 0 Å². The van der Waals surface area contributed by atoms with Crippen molar-refractivity contribution in [3.63, 3.8) is 0 Å². The van der Waals surface area contributed by atoms with Crippen LogP contribution in [-0.4, -0.2) is 22.5 Å². The van der Waals surface area contributed by atoms with Gasteiger partial charge in [0.1, 0.15) is 5.75 Å². The first-order chi connectivity index (χ1) is 8.60. The zero-order valence-electron chi connectivity index (χ0n) is 10.2. The van der Waals surface area contributed by atoms with Crippen molar-refractivity contribution >= 4 is 34.5 Å². The second-order valence-electron chi connectivity index (χ2n) is 3.91. The number of carbonyl (C=O) groups excluding carboxylic acids is 1. The highest BCUT2D eigenvalue weighted by atomic mass is 35.5. The molecule has 5 nitrogen and oxygen atoms in total. The summed E-state index contributed by atoms with van der Waals surface area (Å²) in [5, 5.41) is 3.10. The summed E-state index contributed by atoms with van der Waals surface area (Å²) in [4.78, 5) is 18.1. The van der Waals surface area contributed by atoms with Gasteiger partial charge in [-0.2, -0.15) is 0 Å². The molecular weight excluding hydrogens is 254 g/mol. The van der Waals surface area contributed by atoms with Crippen molar-refractivity contribution in [2.24, 2.45) is 0 Å². The van der Waals surface area contributed by atoms with E-state index >= 15 is 0 Å². The van der Waals surface area contributed by atoms with E-state index in [1.54, 1.807) is 12.1 Å². The maximum absolute atomic E-state index is 10.9. The zero-order chi connectivity index (χ0) is 13.1. The second-order valence-corrected chi connectivity index (χ2v) is 4.32. The van der Waals surface area contributed by atoms with Gasteiger partial charge in [-0.1, -0.05) is 18.5 Å². The van der Waals surface area contributed by atoms with Crippen LogP contribution in [0.3, 0.4) is 0 Å². The standard InChI is InChI=1S/C12H14ClN3O2/c1-3-4-18-11-6-10-9(5-8(11)13)15-12(16-10)14-7(2)17/h5-6H,3-4H2,1-2H3,(H2,14,15,16,17). The lowest BCUT2D eigenvalue weighted by molar-refractivity contribution is -0.114. The maximum Gasteiger partial charge on any atom is 0.223 e. The van der Waals surface area contributed by atoms with E-state index in [-0.39, 0.29) is 5.91 Å². The van der Waals surface area contributed by atoms with Crippen molar-refractivity contribution < 1.29 is 9.53 Å². The molecule has 1 amide bonds. The van der Waals surface area contributed by atoms with Crippen LogP contribution in [0.1, 0.15) is 20.3 Å². The molecule has 0 aliphatic carbocycles. The van der Waals surface area contributed by atoms with Gasteiger partial charge in [-0.3, -0.25) is 10.1 Å². The first-order valence-corrected chi connectivity index (χ1v) is 6.07. The van der Waals surface area contributed by atoms with E-state index in [1.807, 2.05) is 6.92 Å². The Labute approximate surface area is 109 Å². The first kappa shape index (κ1) is 12.7. The minimum Gasteiger partial charge on any atom is -0.492 e. The number of nitrogens with zero attached hydrogens (tertiary/aromatic N) is 1. The molecule has 2 rings (SSSR count). The molecule has 96 valence electrons. The number of halogens is 1. The molecule has 6 heteroatoms. The fourth-order valence-corrected chi connectivity index (χ4v) is 1.77.